The third kappa shape index (κ3) is 5.26. The summed E-state index contributed by atoms with van der Waals surface area (Å²) in [6.07, 6.45) is 1.02. The van der Waals surface area contributed by atoms with E-state index in [1.54, 1.807) is 0 Å². The minimum Gasteiger partial charge on any atom is -0.492 e. The molecule has 1 unspecified atom stereocenters. The maximum absolute atomic E-state index is 12.1. The Morgan fingerprint density at radius 3 is 2.59 bits per heavy atom. The zero-order valence-corrected chi connectivity index (χ0v) is 14.4. The van der Waals surface area contributed by atoms with E-state index in [2.05, 4.69) is 23.6 Å². The number of sulfonamides is 1. The van der Waals surface area contributed by atoms with E-state index >= 15 is 0 Å². The van der Waals surface area contributed by atoms with Crippen molar-refractivity contribution in [2.24, 2.45) is 5.41 Å². The Morgan fingerprint density at radius 1 is 1.32 bits per heavy atom. The Labute approximate surface area is 133 Å². The van der Waals surface area contributed by atoms with Crippen LogP contribution in [0.4, 0.5) is 0 Å². The van der Waals surface area contributed by atoms with E-state index in [0.717, 1.165) is 25.1 Å². The summed E-state index contributed by atoms with van der Waals surface area (Å²) in [5.74, 6) is 0.678. The van der Waals surface area contributed by atoms with Crippen LogP contribution in [0.2, 0.25) is 0 Å². The lowest BCUT2D eigenvalue weighted by molar-refractivity contribution is 0.308. The highest BCUT2D eigenvalue weighted by atomic mass is 32.2. The molecule has 1 N–H and O–H groups in total. The molecule has 0 aromatic heterocycles. The topological polar surface area (TPSA) is 58.6 Å². The number of hydrogen-bond acceptors (Lipinski definition) is 4. The molecular weight excluding hydrogens is 300 g/mol. The number of benzene rings is 1. The molecular formula is C16H26N2O3S. The summed E-state index contributed by atoms with van der Waals surface area (Å²) in [5.41, 5.74) is 1.18. The van der Waals surface area contributed by atoms with E-state index in [0.29, 0.717) is 12.3 Å². The SMILES string of the molecule is Cc1ccc(OCCS(=O)(=O)NCC2(C)CCN(C)C2)cc1. The standard InChI is InChI=1S/C16H26N2O3S/c1-14-4-6-15(7-5-14)21-10-11-22(19,20)17-12-16(2)8-9-18(3)13-16/h4-7,17H,8-13H2,1-3H3. The van der Waals surface area contributed by atoms with Crippen LogP contribution in [0.1, 0.15) is 18.9 Å². The van der Waals surface area contributed by atoms with Crippen molar-refractivity contribution in [2.45, 2.75) is 20.3 Å². The average molecular weight is 326 g/mol. The summed E-state index contributed by atoms with van der Waals surface area (Å²) in [5, 5.41) is 0. The van der Waals surface area contributed by atoms with Crippen LogP contribution in [0.5, 0.6) is 5.75 Å². The minimum atomic E-state index is -3.30. The van der Waals surface area contributed by atoms with Gasteiger partial charge in [-0.1, -0.05) is 24.6 Å². The molecule has 1 saturated heterocycles. The molecule has 1 fully saturated rings. The van der Waals surface area contributed by atoms with Crippen LogP contribution in [0, 0.1) is 12.3 Å². The second kappa shape index (κ2) is 6.98. The van der Waals surface area contributed by atoms with Gasteiger partial charge in [0.1, 0.15) is 12.4 Å². The van der Waals surface area contributed by atoms with Crippen molar-refractivity contribution in [3.63, 3.8) is 0 Å². The first-order chi connectivity index (χ1) is 10.3. The van der Waals surface area contributed by atoms with Gasteiger partial charge in [0, 0.05) is 13.1 Å². The van der Waals surface area contributed by atoms with Crippen LogP contribution >= 0.6 is 0 Å². The van der Waals surface area contributed by atoms with Gasteiger partial charge in [-0.25, -0.2) is 13.1 Å². The quantitative estimate of drug-likeness (QED) is 0.827. The molecule has 0 spiro atoms. The molecule has 0 radical (unpaired) electrons. The fourth-order valence-electron chi connectivity index (χ4n) is 2.67. The van der Waals surface area contributed by atoms with Crippen molar-refractivity contribution >= 4 is 10.0 Å². The molecule has 22 heavy (non-hydrogen) atoms. The van der Waals surface area contributed by atoms with E-state index in [1.165, 1.54) is 0 Å². The number of ether oxygens (including phenoxy) is 1. The van der Waals surface area contributed by atoms with Crippen molar-refractivity contribution in [1.82, 2.24) is 9.62 Å². The Morgan fingerprint density at radius 2 is 2.00 bits per heavy atom. The van der Waals surface area contributed by atoms with Crippen molar-refractivity contribution < 1.29 is 13.2 Å². The monoisotopic (exact) mass is 326 g/mol. The fraction of sp³-hybridized carbons (Fsp3) is 0.625. The number of hydrogen-bond donors (Lipinski definition) is 1. The highest BCUT2D eigenvalue weighted by Gasteiger charge is 2.32. The summed E-state index contributed by atoms with van der Waals surface area (Å²) >= 11 is 0. The summed E-state index contributed by atoms with van der Waals surface area (Å²) in [6, 6.07) is 7.59. The number of aryl methyl sites for hydroxylation is 1. The van der Waals surface area contributed by atoms with Crippen LogP contribution in [-0.4, -0.2) is 52.4 Å². The van der Waals surface area contributed by atoms with Gasteiger partial charge in [0.15, 0.2) is 0 Å². The van der Waals surface area contributed by atoms with Gasteiger partial charge in [0.05, 0.1) is 5.75 Å². The van der Waals surface area contributed by atoms with E-state index < -0.39 is 10.0 Å². The maximum Gasteiger partial charge on any atom is 0.214 e. The highest BCUT2D eigenvalue weighted by molar-refractivity contribution is 7.89. The molecule has 1 aliphatic rings. The Hall–Kier alpha value is -1.11. The molecule has 6 heteroatoms. The molecule has 0 aliphatic carbocycles. The Kier molecular flexibility index (Phi) is 5.47. The van der Waals surface area contributed by atoms with Gasteiger partial charge >= 0.3 is 0 Å². The van der Waals surface area contributed by atoms with Crippen LogP contribution in [0.15, 0.2) is 24.3 Å². The van der Waals surface area contributed by atoms with Gasteiger partial charge in [0.2, 0.25) is 10.0 Å². The zero-order chi connectivity index (χ0) is 16.2. The van der Waals surface area contributed by atoms with Gasteiger partial charge in [0.25, 0.3) is 0 Å². The molecule has 5 nitrogen and oxygen atoms in total. The largest absolute Gasteiger partial charge is 0.492 e. The number of rotatable bonds is 7. The Balaban J connectivity index is 1.75. The zero-order valence-electron chi connectivity index (χ0n) is 13.6. The van der Waals surface area contributed by atoms with E-state index in [-0.39, 0.29) is 17.8 Å². The predicted octanol–water partition coefficient (Wildman–Crippen LogP) is 1.64. The summed E-state index contributed by atoms with van der Waals surface area (Å²) < 4.78 is 32.3. The Bertz CT molecular complexity index is 586. The van der Waals surface area contributed by atoms with Gasteiger partial charge in [-0.05, 0) is 44.5 Å². The summed E-state index contributed by atoms with van der Waals surface area (Å²) in [4.78, 5) is 2.23. The third-order valence-electron chi connectivity index (χ3n) is 4.11. The number of nitrogens with one attached hydrogen (secondary N) is 1. The minimum absolute atomic E-state index is 0.0210. The molecule has 1 aromatic rings. The summed E-state index contributed by atoms with van der Waals surface area (Å²) in [6.45, 7) is 6.73. The normalized spacial score (nSPS) is 22.9. The van der Waals surface area contributed by atoms with E-state index in [1.807, 2.05) is 31.2 Å². The fourth-order valence-corrected chi connectivity index (χ4v) is 3.69. The lowest BCUT2D eigenvalue weighted by atomic mass is 9.90. The molecule has 1 atom stereocenters. The lowest BCUT2D eigenvalue weighted by Crippen LogP contribution is -2.39. The number of likely N-dealkylation sites (tertiary alicyclic amines) is 1. The molecule has 2 rings (SSSR count). The second-order valence-corrected chi connectivity index (χ2v) is 8.53. The van der Waals surface area contributed by atoms with Gasteiger partial charge < -0.3 is 9.64 Å². The molecule has 124 valence electrons. The van der Waals surface area contributed by atoms with Crippen molar-refractivity contribution in [2.75, 3.05) is 39.0 Å². The molecule has 0 bridgehead atoms. The third-order valence-corrected chi connectivity index (χ3v) is 5.40. The van der Waals surface area contributed by atoms with Crippen LogP contribution in [0.3, 0.4) is 0 Å². The van der Waals surface area contributed by atoms with Crippen molar-refractivity contribution in [3.05, 3.63) is 29.8 Å². The molecule has 1 aliphatic heterocycles. The van der Waals surface area contributed by atoms with Gasteiger partial charge in [-0.3, -0.25) is 0 Å². The first kappa shape index (κ1) is 17.2. The van der Waals surface area contributed by atoms with Crippen LogP contribution < -0.4 is 9.46 Å². The molecule has 0 saturated carbocycles. The molecule has 0 amide bonds. The summed E-state index contributed by atoms with van der Waals surface area (Å²) in [7, 11) is -1.23. The lowest BCUT2D eigenvalue weighted by Gasteiger charge is -2.24. The van der Waals surface area contributed by atoms with Gasteiger partial charge in [-0.15, -0.1) is 0 Å². The predicted molar refractivity (Wildman–Crippen MR) is 88.7 cm³/mol. The van der Waals surface area contributed by atoms with Crippen LogP contribution in [-0.2, 0) is 10.0 Å². The second-order valence-electron chi connectivity index (χ2n) is 6.60. The maximum atomic E-state index is 12.1. The van der Waals surface area contributed by atoms with E-state index in [4.69, 9.17) is 4.74 Å². The van der Waals surface area contributed by atoms with Crippen molar-refractivity contribution in [3.8, 4) is 5.75 Å². The average Bonchev–Trinajstić information content (AvgIpc) is 2.79. The van der Waals surface area contributed by atoms with E-state index in [9.17, 15) is 8.42 Å². The van der Waals surface area contributed by atoms with Gasteiger partial charge in [-0.2, -0.15) is 0 Å². The first-order valence-electron chi connectivity index (χ1n) is 7.63. The van der Waals surface area contributed by atoms with Crippen molar-refractivity contribution in [1.29, 1.82) is 0 Å². The highest BCUT2D eigenvalue weighted by Crippen LogP contribution is 2.28. The molecule has 1 aromatic carbocycles. The number of nitrogens with zero attached hydrogens (tertiary/aromatic N) is 1. The van der Waals surface area contributed by atoms with Crippen LogP contribution in [0.25, 0.3) is 0 Å². The first-order valence-corrected chi connectivity index (χ1v) is 9.29. The molecule has 1 heterocycles. The smallest absolute Gasteiger partial charge is 0.214 e.